The standard InChI is InChI=1S/C16H18FN3O2/c17-12-1-2-14-13(9-12)15(3-6-18-14)20-7-4-11(5-8-20)10-19-16(21)22/h1-3,6,9,11,19H,4-5,7-8,10H2,(H,21,22). The summed E-state index contributed by atoms with van der Waals surface area (Å²) in [5.41, 5.74) is 1.78. The summed E-state index contributed by atoms with van der Waals surface area (Å²) in [6.07, 6.45) is 2.60. The summed E-state index contributed by atoms with van der Waals surface area (Å²) in [4.78, 5) is 17.0. The number of amides is 1. The Bertz CT molecular complexity index is 684. The molecule has 1 aliphatic heterocycles. The van der Waals surface area contributed by atoms with Crippen LogP contribution in [0, 0.1) is 11.7 Å². The molecule has 0 radical (unpaired) electrons. The van der Waals surface area contributed by atoms with Gasteiger partial charge in [-0.1, -0.05) is 0 Å². The molecule has 22 heavy (non-hydrogen) atoms. The number of rotatable bonds is 3. The van der Waals surface area contributed by atoms with E-state index in [2.05, 4.69) is 15.2 Å². The monoisotopic (exact) mass is 303 g/mol. The first-order valence-electron chi connectivity index (χ1n) is 7.39. The van der Waals surface area contributed by atoms with Gasteiger partial charge in [0, 0.05) is 36.9 Å². The summed E-state index contributed by atoms with van der Waals surface area (Å²) >= 11 is 0. The number of hydrogen-bond donors (Lipinski definition) is 2. The van der Waals surface area contributed by atoms with E-state index in [1.54, 1.807) is 12.3 Å². The van der Waals surface area contributed by atoms with Crippen molar-refractivity contribution >= 4 is 22.7 Å². The highest BCUT2D eigenvalue weighted by Gasteiger charge is 2.21. The Morgan fingerprint density at radius 2 is 2.14 bits per heavy atom. The number of carbonyl (C=O) groups is 1. The molecule has 5 nitrogen and oxygen atoms in total. The van der Waals surface area contributed by atoms with Crippen molar-refractivity contribution in [3.8, 4) is 0 Å². The second kappa shape index (κ2) is 6.17. The van der Waals surface area contributed by atoms with E-state index in [0.29, 0.717) is 12.5 Å². The summed E-state index contributed by atoms with van der Waals surface area (Å²) in [6.45, 7) is 2.16. The van der Waals surface area contributed by atoms with E-state index in [0.717, 1.165) is 42.5 Å². The molecule has 0 unspecified atom stereocenters. The van der Waals surface area contributed by atoms with Crippen LogP contribution in [0.1, 0.15) is 12.8 Å². The van der Waals surface area contributed by atoms with Gasteiger partial charge in [0.05, 0.1) is 5.52 Å². The first kappa shape index (κ1) is 14.6. The number of fused-ring (bicyclic) bond motifs is 1. The highest BCUT2D eigenvalue weighted by molar-refractivity contribution is 5.91. The van der Waals surface area contributed by atoms with E-state index in [-0.39, 0.29) is 5.82 Å². The third kappa shape index (κ3) is 3.10. The second-order valence-electron chi connectivity index (χ2n) is 5.61. The van der Waals surface area contributed by atoms with Crippen LogP contribution in [0.25, 0.3) is 10.9 Å². The topological polar surface area (TPSA) is 65.5 Å². The van der Waals surface area contributed by atoms with Crippen LogP contribution < -0.4 is 10.2 Å². The van der Waals surface area contributed by atoms with Crippen LogP contribution in [0.5, 0.6) is 0 Å². The van der Waals surface area contributed by atoms with Crippen LogP contribution in [0.2, 0.25) is 0 Å². The van der Waals surface area contributed by atoms with Crippen LogP contribution in [0.4, 0.5) is 14.9 Å². The lowest BCUT2D eigenvalue weighted by atomic mass is 9.96. The Balaban J connectivity index is 1.74. The summed E-state index contributed by atoms with van der Waals surface area (Å²) < 4.78 is 13.5. The van der Waals surface area contributed by atoms with Crippen molar-refractivity contribution in [3.63, 3.8) is 0 Å². The fraction of sp³-hybridized carbons (Fsp3) is 0.375. The van der Waals surface area contributed by atoms with Gasteiger partial charge in [0.1, 0.15) is 5.82 Å². The van der Waals surface area contributed by atoms with Crippen molar-refractivity contribution in [2.75, 3.05) is 24.5 Å². The molecule has 1 aromatic heterocycles. The van der Waals surface area contributed by atoms with Crippen LogP contribution in [-0.2, 0) is 0 Å². The number of benzene rings is 1. The van der Waals surface area contributed by atoms with E-state index < -0.39 is 6.09 Å². The predicted molar refractivity (Wildman–Crippen MR) is 82.7 cm³/mol. The molecule has 2 heterocycles. The lowest BCUT2D eigenvalue weighted by molar-refractivity contribution is 0.191. The first-order chi connectivity index (χ1) is 10.6. The van der Waals surface area contributed by atoms with E-state index in [1.165, 1.54) is 12.1 Å². The van der Waals surface area contributed by atoms with Crippen molar-refractivity contribution < 1.29 is 14.3 Å². The average Bonchev–Trinajstić information content (AvgIpc) is 2.53. The number of piperidine rings is 1. The molecular formula is C16H18FN3O2. The van der Waals surface area contributed by atoms with Gasteiger partial charge in [0.2, 0.25) is 0 Å². The summed E-state index contributed by atoms with van der Waals surface area (Å²) in [7, 11) is 0. The van der Waals surface area contributed by atoms with Crippen molar-refractivity contribution in [1.29, 1.82) is 0 Å². The summed E-state index contributed by atoms with van der Waals surface area (Å²) in [6, 6.07) is 6.55. The van der Waals surface area contributed by atoms with Crippen LogP contribution in [-0.4, -0.2) is 35.8 Å². The number of carboxylic acid groups (broad SMARTS) is 1. The maximum atomic E-state index is 13.5. The molecule has 6 heteroatoms. The Hall–Kier alpha value is -2.37. The van der Waals surface area contributed by atoms with Gasteiger partial charge in [-0.15, -0.1) is 0 Å². The van der Waals surface area contributed by atoms with Crippen molar-refractivity contribution in [1.82, 2.24) is 10.3 Å². The number of nitrogens with zero attached hydrogens (tertiary/aromatic N) is 2. The van der Waals surface area contributed by atoms with E-state index in [9.17, 15) is 9.18 Å². The number of halogens is 1. The molecular weight excluding hydrogens is 285 g/mol. The minimum Gasteiger partial charge on any atom is -0.465 e. The lowest BCUT2D eigenvalue weighted by Crippen LogP contribution is -2.38. The van der Waals surface area contributed by atoms with Gasteiger partial charge in [-0.25, -0.2) is 9.18 Å². The van der Waals surface area contributed by atoms with Crippen molar-refractivity contribution in [3.05, 3.63) is 36.3 Å². The Morgan fingerprint density at radius 1 is 1.36 bits per heavy atom. The highest BCUT2D eigenvalue weighted by atomic mass is 19.1. The molecule has 116 valence electrons. The van der Waals surface area contributed by atoms with Gasteiger partial charge < -0.3 is 15.3 Å². The quantitative estimate of drug-likeness (QED) is 0.915. The highest BCUT2D eigenvalue weighted by Crippen LogP contribution is 2.29. The predicted octanol–water partition coefficient (Wildman–Crippen LogP) is 2.86. The smallest absolute Gasteiger partial charge is 0.404 e. The maximum absolute atomic E-state index is 13.5. The number of aromatic nitrogens is 1. The molecule has 0 aliphatic carbocycles. The molecule has 1 aromatic carbocycles. The van der Waals surface area contributed by atoms with Crippen LogP contribution >= 0.6 is 0 Å². The summed E-state index contributed by atoms with van der Waals surface area (Å²) in [5, 5.41) is 11.9. The molecule has 2 aromatic rings. The van der Waals surface area contributed by atoms with Gasteiger partial charge >= 0.3 is 6.09 Å². The fourth-order valence-electron chi connectivity index (χ4n) is 2.99. The maximum Gasteiger partial charge on any atom is 0.404 e. The normalized spacial score (nSPS) is 16.0. The molecule has 1 amide bonds. The molecule has 0 saturated carbocycles. The van der Waals surface area contributed by atoms with E-state index in [1.807, 2.05) is 6.07 Å². The van der Waals surface area contributed by atoms with Crippen molar-refractivity contribution in [2.24, 2.45) is 5.92 Å². The van der Waals surface area contributed by atoms with Gasteiger partial charge in [0.25, 0.3) is 0 Å². The summed E-state index contributed by atoms with van der Waals surface area (Å²) in [5.74, 6) is 0.0967. The van der Waals surface area contributed by atoms with Crippen LogP contribution in [0.15, 0.2) is 30.5 Å². The van der Waals surface area contributed by atoms with E-state index >= 15 is 0 Å². The van der Waals surface area contributed by atoms with E-state index in [4.69, 9.17) is 5.11 Å². The fourth-order valence-corrected chi connectivity index (χ4v) is 2.99. The number of anilines is 1. The molecule has 2 N–H and O–H groups in total. The van der Waals surface area contributed by atoms with Gasteiger partial charge in [-0.05, 0) is 43.0 Å². The number of nitrogens with one attached hydrogen (secondary N) is 1. The molecule has 1 aliphatic rings. The first-order valence-corrected chi connectivity index (χ1v) is 7.39. The third-order valence-corrected chi connectivity index (χ3v) is 4.18. The van der Waals surface area contributed by atoms with Gasteiger partial charge in [0.15, 0.2) is 0 Å². The molecule has 1 fully saturated rings. The Kier molecular flexibility index (Phi) is 4.09. The minimum atomic E-state index is -0.974. The Morgan fingerprint density at radius 3 is 2.86 bits per heavy atom. The van der Waals surface area contributed by atoms with Crippen molar-refractivity contribution in [2.45, 2.75) is 12.8 Å². The molecule has 0 bridgehead atoms. The number of hydrogen-bond acceptors (Lipinski definition) is 3. The molecule has 0 spiro atoms. The molecule has 1 saturated heterocycles. The zero-order chi connectivity index (χ0) is 15.5. The van der Waals surface area contributed by atoms with Gasteiger partial charge in [-0.2, -0.15) is 0 Å². The number of pyridine rings is 1. The zero-order valence-electron chi connectivity index (χ0n) is 12.1. The third-order valence-electron chi connectivity index (χ3n) is 4.18. The largest absolute Gasteiger partial charge is 0.465 e. The van der Waals surface area contributed by atoms with Gasteiger partial charge in [-0.3, -0.25) is 4.98 Å². The van der Waals surface area contributed by atoms with Crippen LogP contribution in [0.3, 0.4) is 0 Å². The molecule has 3 rings (SSSR count). The molecule has 0 atom stereocenters. The zero-order valence-corrected chi connectivity index (χ0v) is 12.1. The lowest BCUT2D eigenvalue weighted by Gasteiger charge is -2.34. The minimum absolute atomic E-state index is 0.262. The SMILES string of the molecule is O=C(O)NCC1CCN(c2ccnc3ccc(F)cc23)CC1. The second-order valence-corrected chi connectivity index (χ2v) is 5.61. The Labute approximate surface area is 127 Å². The average molecular weight is 303 g/mol.